The number of pyridine rings is 2. The first-order valence-corrected chi connectivity index (χ1v) is 6.74. The zero-order chi connectivity index (χ0) is 14.1. The molecule has 3 aromatic rings. The molecule has 5 heteroatoms. The molecule has 0 N–H and O–H groups in total. The third kappa shape index (κ3) is 2.40. The smallest absolute Gasteiger partial charge is 0.137 e. The van der Waals surface area contributed by atoms with Gasteiger partial charge in [-0.3, -0.25) is 4.98 Å². The van der Waals surface area contributed by atoms with E-state index in [0.717, 1.165) is 29.1 Å². The lowest BCUT2D eigenvalue weighted by Gasteiger charge is -2.11. The molecule has 0 aliphatic carbocycles. The van der Waals surface area contributed by atoms with Crippen LogP contribution in [0.25, 0.3) is 16.9 Å². The van der Waals surface area contributed by atoms with Crippen molar-refractivity contribution in [2.75, 3.05) is 14.1 Å². The number of halogens is 1. The van der Waals surface area contributed by atoms with Crippen LogP contribution in [0.3, 0.4) is 0 Å². The molecule has 0 unspecified atom stereocenters. The van der Waals surface area contributed by atoms with Crippen molar-refractivity contribution in [3.8, 4) is 11.3 Å². The predicted octanol–water partition coefficient (Wildman–Crippen LogP) is 3.11. The fraction of sp³-hybridized carbons (Fsp3) is 0.200. The predicted molar refractivity (Wildman–Crippen MR) is 80.8 cm³/mol. The van der Waals surface area contributed by atoms with Crippen LogP contribution in [0.5, 0.6) is 0 Å². The van der Waals surface area contributed by atoms with Crippen LogP contribution in [0, 0.1) is 0 Å². The molecule has 0 aliphatic rings. The SMILES string of the molecule is CN(C)Cc1c(-c2ccncc2)nc2ccc(Cl)cn12. The zero-order valence-corrected chi connectivity index (χ0v) is 12.2. The highest BCUT2D eigenvalue weighted by atomic mass is 35.5. The van der Waals surface area contributed by atoms with E-state index in [1.54, 1.807) is 12.4 Å². The summed E-state index contributed by atoms with van der Waals surface area (Å²) in [6.45, 7) is 0.791. The number of rotatable bonds is 3. The molecule has 0 aliphatic heterocycles. The molecule has 0 radical (unpaired) electrons. The van der Waals surface area contributed by atoms with E-state index in [1.807, 2.05) is 44.6 Å². The maximum atomic E-state index is 6.11. The lowest BCUT2D eigenvalue weighted by Crippen LogP contribution is -2.13. The van der Waals surface area contributed by atoms with Gasteiger partial charge in [0.1, 0.15) is 5.65 Å². The molecule has 0 aromatic carbocycles. The second-order valence-electron chi connectivity index (χ2n) is 4.96. The summed E-state index contributed by atoms with van der Waals surface area (Å²) in [4.78, 5) is 10.9. The third-order valence-electron chi connectivity index (χ3n) is 3.10. The summed E-state index contributed by atoms with van der Waals surface area (Å²) < 4.78 is 2.05. The van der Waals surface area contributed by atoms with Crippen LogP contribution in [0.4, 0.5) is 0 Å². The molecule has 0 fully saturated rings. The minimum atomic E-state index is 0.705. The fourth-order valence-corrected chi connectivity index (χ4v) is 2.42. The highest BCUT2D eigenvalue weighted by molar-refractivity contribution is 6.30. The number of hydrogen-bond acceptors (Lipinski definition) is 3. The van der Waals surface area contributed by atoms with Crippen LogP contribution < -0.4 is 0 Å². The van der Waals surface area contributed by atoms with Gasteiger partial charge in [-0.25, -0.2) is 4.98 Å². The number of hydrogen-bond donors (Lipinski definition) is 0. The van der Waals surface area contributed by atoms with Gasteiger partial charge in [0.15, 0.2) is 0 Å². The Morgan fingerprint density at radius 1 is 1.15 bits per heavy atom. The molecular formula is C15H15ClN4. The van der Waals surface area contributed by atoms with Gasteiger partial charge in [0.05, 0.1) is 16.4 Å². The Morgan fingerprint density at radius 2 is 1.90 bits per heavy atom. The topological polar surface area (TPSA) is 33.4 Å². The largest absolute Gasteiger partial charge is 0.304 e. The Kier molecular flexibility index (Phi) is 3.42. The van der Waals surface area contributed by atoms with Crippen LogP contribution in [-0.4, -0.2) is 33.4 Å². The number of imidazole rings is 1. The Labute approximate surface area is 122 Å². The molecule has 0 bridgehead atoms. The van der Waals surface area contributed by atoms with Crippen molar-refractivity contribution in [3.63, 3.8) is 0 Å². The van der Waals surface area contributed by atoms with Gasteiger partial charge in [0, 0.05) is 30.7 Å². The van der Waals surface area contributed by atoms with Gasteiger partial charge in [-0.05, 0) is 38.4 Å². The van der Waals surface area contributed by atoms with Crippen molar-refractivity contribution in [2.24, 2.45) is 0 Å². The molecule has 0 spiro atoms. The zero-order valence-electron chi connectivity index (χ0n) is 11.4. The van der Waals surface area contributed by atoms with Gasteiger partial charge in [-0.2, -0.15) is 0 Å². The molecule has 3 rings (SSSR count). The average Bonchev–Trinajstić information content (AvgIpc) is 2.77. The molecular weight excluding hydrogens is 272 g/mol. The van der Waals surface area contributed by atoms with Crippen molar-refractivity contribution < 1.29 is 0 Å². The van der Waals surface area contributed by atoms with Crippen molar-refractivity contribution >= 4 is 17.2 Å². The van der Waals surface area contributed by atoms with E-state index in [2.05, 4.69) is 14.3 Å². The molecule has 0 atom stereocenters. The lowest BCUT2D eigenvalue weighted by atomic mass is 10.1. The van der Waals surface area contributed by atoms with Crippen molar-refractivity contribution in [1.82, 2.24) is 19.3 Å². The van der Waals surface area contributed by atoms with Gasteiger partial charge in [-0.15, -0.1) is 0 Å². The summed E-state index contributed by atoms with van der Waals surface area (Å²) in [5, 5.41) is 0.705. The molecule has 3 heterocycles. The first kappa shape index (κ1) is 13.1. The maximum absolute atomic E-state index is 6.11. The Bertz CT molecular complexity index is 734. The quantitative estimate of drug-likeness (QED) is 0.742. The number of nitrogens with zero attached hydrogens (tertiary/aromatic N) is 4. The summed E-state index contributed by atoms with van der Waals surface area (Å²) in [7, 11) is 4.08. The summed E-state index contributed by atoms with van der Waals surface area (Å²) in [5.74, 6) is 0. The summed E-state index contributed by atoms with van der Waals surface area (Å²) >= 11 is 6.11. The normalized spacial score (nSPS) is 11.4. The summed E-state index contributed by atoms with van der Waals surface area (Å²) in [5.41, 5.74) is 4.07. The summed E-state index contributed by atoms with van der Waals surface area (Å²) in [6.07, 6.45) is 5.48. The summed E-state index contributed by atoms with van der Waals surface area (Å²) in [6, 6.07) is 7.75. The first-order chi connectivity index (χ1) is 9.65. The first-order valence-electron chi connectivity index (χ1n) is 6.37. The minimum absolute atomic E-state index is 0.705. The minimum Gasteiger partial charge on any atom is -0.304 e. The lowest BCUT2D eigenvalue weighted by molar-refractivity contribution is 0.396. The second-order valence-corrected chi connectivity index (χ2v) is 5.39. The van der Waals surface area contributed by atoms with Crippen LogP contribution in [0.1, 0.15) is 5.69 Å². The Morgan fingerprint density at radius 3 is 2.60 bits per heavy atom. The Balaban J connectivity index is 2.25. The van der Waals surface area contributed by atoms with Crippen molar-refractivity contribution in [3.05, 3.63) is 53.6 Å². The molecule has 4 nitrogen and oxygen atoms in total. The highest BCUT2D eigenvalue weighted by Gasteiger charge is 2.14. The standard InChI is InChI=1S/C15H15ClN4/c1-19(2)10-13-15(11-5-7-17-8-6-11)18-14-4-3-12(16)9-20(13)14/h3-9H,10H2,1-2H3. The van der Waals surface area contributed by atoms with E-state index >= 15 is 0 Å². The highest BCUT2D eigenvalue weighted by Crippen LogP contribution is 2.26. The van der Waals surface area contributed by atoms with Crippen LogP contribution in [-0.2, 0) is 6.54 Å². The average molecular weight is 287 g/mol. The fourth-order valence-electron chi connectivity index (χ4n) is 2.26. The molecule has 0 saturated heterocycles. The van der Waals surface area contributed by atoms with E-state index in [4.69, 9.17) is 16.6 Å². The monoisotopic (exact) mass is 286 g/mol. The van der Waals surface area contributed by atoms with E-state index in [0.29, 0.717) is 5.02 Å². The van der Waals surface area contributed by atoms with Gasteiger partial charge in [-0.1, -0.05) is 11.6 Å². The van der Waals surface area contributed by atoms with Gasteiger partial charge < -0.3 is 9.30 Å². The Hall–Kier alpha value is -1.91. The van der Waals surface area contributed by atoms with Gasteiger partial charge >= 0.3 is 0 Å². The molecule has 3 aromatic heterocycles. The third-order valence-corrected chi connectivity index (χ3v) is 3.32. The van der Waals surface area contributed by atoms with Gasteiger partial charge in [0.2, 0.25) is 0 Å². The van der Waals surface area contributed by atoms with E-state index < -0.39 is 0 Å². The van der Waals surface area contributed by atoms with Crippen LogP contribution >= 0.6 is 11.6 Å². The maximum Gasteiger partial charge on any atom is 0.137 e. The van der Waals surface area contributed by atoms with E-state index in [-0.39, 0.29) is 0 Å². The van der Waals surface area contributed by atoms with Crippen LogP contribution in [0.2, 0.25) is 5.02 Å². The number of fused-ring (bicyclic) bond motifs is 1. The van der Waals surface area contributed by atoms with Crippen LogP contribution in [0.15, 0.2) is 42.9 Å². The van der Waals surface area contributed by atoms with E-state index in [1.165, 1.54) is 0 Å². The van der Waals surface area contributed by atoms with Crippen molar-refractivity contribution in [2.45, 2.75) is 6.54 Å². The van der Waals surface area contributed by atoms with E-state index in [9.17, 15) is 0 Å². The second kappa shape index (κ2) is 5.23. The van der Waals surface area contributed by atoms with Gasteiger partial charge in [0.25, 0.3) is 0 Å². The van der Waals surface area contributed by atoms with Crippen molar-refractivity contribution in [1.29, 1.82) is 0 Å². The molecule has 102 valence electrons. The molecule has 0 saturated carbocycles. The number of aromatic nitrogens is 3. The molecule has 20 heavy (non-hydrogen) atoms. The molecule has 0 amide bonds.